The Morgan fingerprint density at radius 1 is 1.03 bits per heavy atom. The molecule has 0 aliphatic rings. The topological polar surface area (TPSA) is 58.6 Å². The molecule has 0 bridgehead atoms. The number of carbonyl (C=O) groups excluding carboxylic acids is 2. The molecule has 0 aliphatic carbocycles. The van der Waals surface area contributed by atoms with E-state index < -0.39 is 6.04 Å². The molecule has 0 heterocycles. The van der Waals surface area contributed by atoms with Gasteiger partial charge in [0.15, 0.2) is 6.61 Å². The third kappa shape index (κ3) is 7.94. The van der Waals surface area contributed by atoms with E-state index in [9.17, 15) is 9.59 Å². The Morgan fingerprint density at radius 3 is 2.21 bits per heavy atom. The number of hydrogen-bond donors (Lipinski definition) is 1. The molecule has 2 aromatic carbocycles. The Bertz CT molecular complexity index is 955. The molecule has 33 heavy (non-hydrogen) atoms. The highest BCUT2D eigenvalue weighted by molar-refractivity contribution is 6.42. The molecule has 2 rings (SSSR count). The maximum atomic E-state index is 13.2. The summed E-state index contributed by atoms with van der Waals surface area (Å²) in [6, 6.07) is 12.2. The number of ether oxygens (including phenoxy) is 1. The molecule has 5 nitrogen and oxygen atoms in total. The van der Waals surface area contributed by atoms with Gasteiger partial charge in [0.1, 0.15) is 11.8 Å². The standard InChI is InChI=1S/C26H34Cl2N2O3/c1-7-17(2)29-25(32)18(3)30(15-19-8-13-22(27)23(28)14-19)24(31)16-33-21-11-9-20(10-12-21)26(4,5)6/h8-14,17-18H,7,15-16H2,1-6H3,(H,29,32). The first-order valence-electron chi connectivity index (χ1n) is 11.2. The van der Waals surface area contributed by atoms with Gasteiger partial charge < -0.3 is 15.0 Å². The molecular weight excluding hydrogens is 459 g/mol. The van der Waals surface area contributed by atoms with Crippen LogP contribution in [-0.2, 0) is 21.5 Å². The normalized spacial score (nSPS) is 13.2. The largest absolute Gasteiger partial charge is 0.484 e. The monoisotopic (exact) mass is 492 g/mol. The van der Waals surface area contributed by atoms with Gasteiger partial charge in [-0.1, -0.05) is 69.1 Å². The minimum atomic E-state index is -0.687. The van der Waals surface area contributed by atoms with Crippen LogP contribution >= 0.6 is 23.2 Å². The fourth-order valence-electron chi connectivity index (χ4n) is 3.16. The number of hydrogen-bond acceptors (Lipinski definition) is 3. The van der Waals surface area contributed by atoms with Crippen LogP contribution in [0.2, 0.25) is 10.0 Å². The van der Waals surface area contributed by atoms with Crippen molar-refractivity contribution in [1.29, 1.82) is 0 Å². The van der Waals surface area contributed by atoms with Crippen molar-refractivity contribution in [2.45, 2.75) is 72.0 Å². The van der Waals surface area contributed by atoms with E-state index in [2.05, 4.69) is 26.1 Å². The Kier molecular flexibility index (Phi) is 9.62. The minimum absolute atomic E-state index is 0.0134. The van der Waals surface area contributed by atoms with Crippen LogP contribution < -0.4 is 10.1 Å². The van der Waals surface area contributed by atoms with Crippen LogP contribution in [0.15, 0.2) is 42.5 Å². The van der Waals surface area contributed by atoms with E-state index >= 15 is 0 Å². The van der Waals surface area contributed by atoms with E-state index in [-0.39, 0.29) is 36.4 Å². The second-order valence-corrected chi connectivity index (χ2v) is 10.1. The smallest absolute Gasteiger partial charge is 0.261 e. The average molecular weight is 493 g/mol. The van der Waals surface area contributed by atoms with Crippen LogP contribution in [0.3, 0.4) is 0 Å². The lowest BCUT2D eigenvalue weighted by Crippen LogP contribution is -2.50. The summed E-state index contributed by atoms with van der Waals surface area (Å²) in [5.41, 5.74) is 1.98. The number of nitrogens with zero attached hydrogens (tertiary/aromatic N) is 1. The molecule has 2 unspecified atom stereocenters. The Labute approximate surface area is 207 Å². The summed E-state index contributed by atoms with van der Waals surface area (Å²) >= 11 is 12.2. The van der Waals surface area contributed by atoms with Gasteiger partial charge in [-0.25, -0.2) is 0 Å². The predicted octanol–water partition coefficient (Wildman–Crippen LogP) is 6.00. The van der Waals surface area contributed by atoms with Crippen molar-refractivity contribution in [3.8, 4) is 5.75 Å². The van der Waals surface area contributed by atoms with Crippen molar-refractivity contribution in [2.24, 2.45) is 0 Å². The van der Waals surface area contributed by atoms with Crippen LogP contribution in [0, 0.1) is 0 Å². The molecule has 0 saturated carbocycles. The van der Waals surface area contributed by atoms with Crippen molar-refractivity contribution >= 4 is 35.0 Å². The molecule has 180 valence electrons. The van der Waals surface area contributed by atoms with Crippen molar-refractivity contribution in [3.05, 3.63) is 63.6 Å². The first kappa shape index (κ1) is 27.0. The Balaban J connectivity index is 2.17. The van der Waals surface area contributed by atoms with Crippen LogP contribution in [0.1, 0.15) is 59.1 Å². The zero-order chi connectivity index (χ0) is 24.8. The van der Waals surface area contributed by atoms with E-state index in [0.717, 1.165) is 12.0 Å². The van der Waals surface area contributed by atoms with Crippen molar-refractivity contribution in [1.82, 2.24) is 10.2 Å². The molecule has 1 N–H and O–H groups in total. The number of rotatable bonds is 9. The van der Waals surface area contributed by atoms with Gasteiger partial charge in [-0.05, 0) is 61.1 Å². The number of benzene rings is 2. The first-order chi connectivity index (χ1) is 15.4. The molecule has 0 spiro atoms. The quantitative estimate of drug-likeness (QED) is 0.466. The highest BCUT2D eigenvalue weighted by Gasteiger charge is 2.27. The highest BCUT2D eigenvalue weighted by atomic mass is 35.5. The third-order valence-electron chi connectivity index (χ3n) is 5.59. The van der Waals surface area contributed by atoms with Gasteiger partial charge in [0.25, 0.3) is 5.91 Å². The predicted molar refractivity (Wildman–Crippen MR) is 135 cm³/mol. The summed E-state index contributed by atoms with van der Waals surface area (Å²) in [6.07, 6.45) is 0.798. The van der Waals surface area contributed by atoms with Gasteiger partial charge in [-0.3, -0.25) is 9.59 Å². The fourth-order valence-corrected chi connectivity index (χ4v) is 3.48. The molecule has 0 aliphatic heterocycles. The lowest BCUT2D eigenvalue weighted by Gasteiger charge is -2.29. The molecule has 0 fully saturated rings. The average Bonchev–Trinajstić information content (AvgIpc) is 2.77. The number of halogens is 2. The van der Waals surface area contributed by atoms with Gasteiger partial charge in [-0.2, -0.15) is 0 Å². The van der Waals surface area contributed by atoms with E-state index in [1.165, 1.54) is 10.5 Å². The molecular formula is C26H34Cl2N2O3. The second-order valence-electron chi connectivity index (χ2n) is 9.33. The van der Waals surface area contributed by atoms with Crippen LogP contribution in [-0.4, -0.2) is 35.4 Å². The van der Waals surface area contributed by atoms with Crippen molar-refractivity contribution in [3.63, 3.8) is 0 Å². The first-order valence-corrected chi connectivity index (χ1v) is 11.9. The molecule has 7 heteroatoms. The maximum absolute atomic E-state index is 13.2. The summed E-state index contributed by atoms with van der Waals surface area (Å²) in [6.45, 7) is 12.1. The number of amides is 2. The van der Waals surface area contributed by atoms with Gasteiger partial charge in [0.05, 0.1) is 10.0 Å². The Morgan fingerprint density at radius 2 is 1.67 bits per heavy atom. The van der Waals surface area contributed by atoms with Crippen LogP contribution in [0.25, 0.3) is 0 Å². The van der Waals surface area contributed by atoms with E-state index in [0.29, 0.717) is 15.8 Å². The molecule has 2 amide bonds. The molecule has 2 atom stereocenters. The minimum Gasteiger partial charge on any atom is -0.484 e. The van der Waals surface area contributed by atoms with Crippen LogP contribution in [0.4, 0.5) is 0 Å². The molecule has 0 radical (unpaired) electrons. The van der Waals surface area contributed by atoms with Crippen molar-refractivity contribution < 1.29 is 14.3 Å². The summed E-state index contributed by atoms with van der Waals surface area (Å²) in [5, 5.41) is 3.77. The Hall–Kier alpha value is -2.24. The second kappa shape index (κ2) is 11.8. The lowest BCUT2D eigenvalue weighted by atomic mass is 9.87. The molecule has 0 aromatic heterocycles. The van der Waals surface area contributed by atoms with E-state index in [4.69, 9.17) is 27.9 Å². The zero-order valence-corrected chi connectivity index (χ0v) is 21.8. The lowest BCUT2D eigenvalue weighted by molar-refractivity contribution is -0.142. The number of carbonyl (C=O) groups is 2. The van der Waals surface area contributed by atoms with E-state index in [1.807, 2.05) is 38.1 Å². The van der Waals surface area contributed by atoms with E-state index in [1.54, 1.807) is 25.1 Å². The third-order valence-corrected chi connectivity index (χ3v) is 6.33. The zero-order valence-electron chi connectivity index (χ0n) is 20.2. The van der Waals surface area contributed by atoms with Crippen LogP contribution in [0.5, 0.6) is 5.75 Å². The molecule has 0 saturated heterocycles. The summed E-state index contributed by atoms with van der Waals surface area (Å²) < 4.78 is 5.76. The van der Waals surface area contributed by atoms with Gasteiger partial charge in [0.2, 0.25) is 5.91 Å². The molecule has 2 aromatic rings. The van der Waals surface area contributed by atoms with Gasteiger partial charge in [0, 0.05) is 12.6 Å². The fraction of sp³-hybridized carbons (Fsp3) is 0.462. The van der Waals surface area contributed by atoms with Gasteiger partial charge >= 0.3 is 0 Å². The summed E-state index contributed by atoms with van der Waals surface area (Å²) in [4.78, 5) is 27.4. The SMILES string of the molecule is CCC(C)NC(=O)C(C)N(Cc1ccc(Cl)c(Cl)c1)C(=O)COc1ccc(C(C)(C)C)cc1. The number of nitrogens with one attached hydrogen (secondary N) is 1. The van der Waals surface area contributed by atoms with Crippen molar-refractivity contribution in [2.75, 3.05) is 6.61 Å². The maximum Gasteiger partial charge on any atom is 0.261 e. The van der Waals surface area contributed by atoms with Gasteiger partial charge in [-0.15, -0.1) is 0 Å². The summed E-state index contributed by atoms with van der Waals surface area (Å²) in [7, 11) is 0. The summed E-state index contributed by atoms with van der Waals surface area (Å²) in [5.74, 6) is 0.0857. The highest BCUT2D eigenvalue weighted by Crippen LogP contribution is 2.25.